The molecule has 0 amide bonds. The number of epoxide rings is 1. The molecule has 3 rings (SSSR count). The molecule has 6 nitrogen and oxygen atoms in total. The van der Waals surface area contributed by atoms with Gasteiger partial charge in [-0.1, -0.05) is 73.8 Å². The van der Waals surface area contributed by atoms with E-state index in [2.05, 4.69) is 61.1 Å². The molecule has 1 fully saturated rings. The van der Waals surface area contributed by atoms with Gasteiger partial charge in [-0.3, -0.25) is 0 Å². The van der Waals surface area contributed by atoms with E-state index in [-0.39, 0.29) is 48.8 Å². The third-order valence-corrected chi connectivity index (χ3v) is 9.41. The second-order valence-electron chi connectivity index (χ2n) is 12.0. The average molecular weight is 637 g/mol. The van der Waals surface area contributed by atoms with Gasteiger partial charge in [0.1, 0.15) is 13.7 Å². The van der Waals surface area contributed by atoms with E-state index in [4.69, 9.17) is 36.3 Å². The van der Waals surface area contributed by atoms with Gasteiger partial charge in [-0.05, 0) is 73.8 Å². The number of ether oxygens (including phenoxy) is 3. The van der Waals surface area contributed by atoms with Crippen LogP contribution >= 0.6 is 29.4 Å². The maximum Gasteiger partial charge on any atom is 0.209 e. The van der Waals surface area contributed by atoms with Crippen LogP contribution in [0.25, 0.3) is 0 Å². The molecule has 0 aromatic rings. The van der Waals surface area contributed by atoms with Crippen LogP contribution in [0.1, 0.15) is 78.6 Å². The summed E-state index contributed by atoms with van der Waals surface area (Å²) in [6.07, 6.45) is 19.3. The summed E-state index contributed by atoms with van der Waals surface area (Å²) < 4.78 is 43.0. The zero-order valence-corrected chi connectivity index (χ0v) is 28.8. The van der Waals surface area contributed by atoms with Crippen LogP contribution in [0.5, 0.6) is 0 Å². The maximum absolute atomic E-state index is 7.17. The minimum absolute atomic E-state index is 0.0496. The lowest BCUT2D eigenvalue weighted by atomic mass is 9.91. The summed E-state index contributed by atoms with van der Waals surface area (Å²) in [6.45, 7) is 13.5. The van der Waals surface area contributed by atoms with E-state index in [1.807, 2.05) is 12.7 Å². The first-order chi connectivity index (χ1) is 20.7. The molecule has 3 aliphatic heterocycles. The van der Waals surface area contributed by atoms with Crippen molar-refractivity contribution in [3.8, 4) is 0 Å². The molecule has 0 N–H and O–H groups in total. The number of hydrogen-bond donors (Lipinski definition) is 0. The summed E-state index contributed by atoms with van der Waals surface area (Å²) in [7, 11) is 8.64. The molecule has 0 saturated carbocycles. The molecule has 0 bridgehead atoms. The predicted molar refractivity (Wildman–Crippen MR) is 182 cm³/mol. The molecule has 11 atom stereocenters. The Kier molecular flexibility index (Phi) is 16.3. The first kappa shape index (κ1) is 34.9. The van der Waals surface area contributed by atoms with E-state index in [1.165, 1.54) is 18.2 Å². The van der Waals surface area contributed by atoms with Gasteiger partial charge in [0.2, 0.25) is 7.09 Å². The molecule has 2 unspecified atom stereocenters. The number of allylic oxidation sites excluding steroid dienone is 1. The molecule has 3 heterocycles. The molecular weight excluding hydrogens is 584 g/mol. The van der Waals surface area contributed by atoms with Gasteiger partial charge in [0, 0.05) is 22.3 Å². The van der Waals surface area contributed by atoms with E-state index in [0.29, 0.717) is 12.5 Å². The smallest absolute Gasteiger partial charge is 0.209 e. The van der Waals surface area contributed by atoms with E-state index in [0.717, 1.165) is 69.7 Å². The Bertz CT molecular complexity index is 929. The van der Waals surface area contributed by atoms with Crippen molar-refractivity contribution in [2.75, 3.05) is 13.3 Å². The molecule has 3 aliphatic rings. The Morgan fingerprint density at radius 3 is 2.90 bits per heavy atom. The summed E-state index contributed by atoms with van der Waals surface area (Å²) in [5.74, 6) is 0.500. The number of hydrogen-bond acceptors (Lipinski definition) is 7. The van der Waals surface area contributed by atoms with Crippen molar-refractivity contribution in [2.45, 2.75) is 127 Å². The van der Waals surface area contributed by atoms with Crippen LogP contribution in [0.3, 0.4) is 0 Å². The second kappa shape index (κ2) is 19.5. The Labute approximate surface area is 266 Å². The highest BCUT2D eigenvalue weighted by Crippen LogP contribution is 2.37. The summed E-state index contributed by atoms with van der Waals surface area (Å²) in [5.41, 5.74) is 2.61. The van der Waals surface area contributed by atoms with Crippen molar-refractivity contribution in [2.24, 2.45) is 5.92 Å². The van der Waals surface area contributed by atoms with E-state index in [1.54, 1.807) is 0 Å². The molecule has 3 radical (unpaired) electrons. The van der Waals surface area contributed by atoms with E-state index >= 15 is 0 Å². The summed E-state index contributed by atoms with van der Waals surface area (Å²) >= 11 is 1.09. The fourth-order valence-electron chi connectivity index (χ4n) is 5.79. The third-order valence-electron chi connectivity index (χ3n) is 8.11. The van der Waals surface area contributed by atoms with Crippen molar-refractivity contribution in [3.63, 3.8) is 0 Å². The van der Waals surface area contributed by atoms with Crippen molar-refractivity contribution >= 4 is 44.0 Å². The average Bonchev–Trinajstić information content (AvgIpc) is 3.73. The van der Waals surface area contributed by atoms with Crippen LogP contribution in [0.2, 0.25) is 0 Å². The molecule has 233 valence electrons. The van der Waals surface area contributed by atoms with Crippen LogP contribution in [-0.4, -0.2) is 78.1 Å². The molecule has 11 heteroatoms. The van der Waals surface area contributed by atoms with Crippen LogP contribution in [-0.2, 0) is 27.4 Å². The molecule has 0 spiro atoms. The normalized spacial score (nSPS) is 29.8. The lowest BCUT2D eigenvalue weighted by molar-refractivity contribution is -0.0226. The van der Waals surface area contributed by atoms with Gasteiger partial charge >= 0.3 is 0 Å². The first-order valence-corrected chi connectivity index (χ1v) is 18.4. The summed E-state index contributed by atoms with van der Waals surface area (Å²) in [5, 5.41) is 0. The molecule has 1 saturated heterocycles. The SMILES string of the molecule is [3H][B]SO[C@H](CC)C[C@@H]1C=CC[C@@H](C[C@@H](C)CC(=C)CC[C@@H]2O[C@H]2C[C@@H](OP)[C@@H](/C=C/[C@@H]2CC(C)=CCO2)OP([B])C)O1. The zero-order chi connectivity index (χ0) is 31.2. The van der Waals surface area contributed by atoms with Crippen molar-refractivity contribution < 1.29 is 27.4 Å². The van der Waals surface area contributed by atoms with Gasteiger partial charge in [0.15, 0.2) is 0 Å². The van der Waals surface area contributed by atoms with Gasteiger partial charge in [-0.2, -0.15) is 0 Å². The molecule has 0 aliphatic carbocycles. The Hall–Kier alpha value is 0.0599. The Morgan fingerprint density at radius 1 is 1.36 bits per heavy atom. The highest BCUT2D eigenvalue weighted by molar-refractivity contribution is 8.15. The highest BCUT2D eigenvalue weighted by Gasteiger charge is 2.41. The lowest BCUT2D eigenvalue weighted by Gasteiger charge is -2.30. The lowest BCUT2D eigenvalue weighted by Crippen LogP contribution is -2.29. The van der Waals surface area contributed by atoms with Crippen molar-refractivity contribution in [1.29, 1.82) is 1.34 Å². The molecule has 0 aromatic carbocycles. The third kappa shape index (κ3) is 13.6. The quantitative estimate of drug-likeness (QED) is 0.0433. The van der Waals surface area contributed by atoms with Crippen LogP contribution in [0, 0.1) is 5.92 Å². The molecule has 42 heavy (non-hydrogen) atoms. The van der Waals surface area contributed by atoms with Crippen molar-refractivity contribution in [1.82, 2.24) is 0 Å². The standard InChI is InChI=1S/C31H51B2O6P2S/c1-6-24(39-42-33)19-27-9-7-8-26(35-27)18-23(4)16-21(2)10-12-28-30(36-28)20-31(37-40)29(38-41(5)32)13-11-25-17-22(3)14-15-34-25/h7,9,11,13-14,23-31,33H,2,6,8,10,12,15-20,40H2,1,3-5H3/b13-11+/t23-,24+,25+,26-,27-,28-,29+,30-,31+,41?/m0/s1/i33T. The topological polar surface area (TPSA) is 58.7 Å². The summed E-state index contributed by atoms with van der Waals surface area (Å²) in [4.78, 5) is 0. The van der Waals surface area contributed by atoms with Gasteiger partial charge in [-0.25, -0.2) is 0 Å². The van der Waals surface area contributed by atoms with Gasteiger partial charge in [0.25, 0.3) is 0 Å². The fraction of sp³-hybridized carbons (Fsp3) is 0.742. The Morgan fingerprint density at radius 2 is 2.19 bits per heavy atom. The van der Waals surface area contributed by atoms with Crippen LogP contribution in [0.15, 0.2) is 48.1 Å². The van der Waals surface area contributed by atoms with Crippen LogP contribution in [0.4, 0.5) is 0 Å². The maximum atomic E-state index is 7.17. The minimum Gasteiger partial charge on any atom is -0.370 e. The molecule has 0 aromatic heterocycles. The van der Waals surface area contributed by atoms with Gasteiger partial charge in [0.05, 0.1) is 49.3 Å². The summed E-state index contributed by atoms with van der Waals surface area (Å²) in [6, 6.07) is 0. The van der Waals surface area contributed by atoms with Gasteiger partial charge < -0.3 is 27.4 Å². The largest absolute Gasteiger partial charge is 0.370 e. The van der Waals surface area contributed by atoms with Crippen LogP contribution < -0.4 is 0 Å². The minimum atomic E-state index is -1.04. The van der Waals surface area contributed by atoms with E-state index in [9.17, 15) is 0 Å². The van der Waals surface area contributed by atoms with Crippen molar-refractivity contribution in [3.05, 3.63) is 48.1 Å². The fourth-order valence-corrected chi connectivity index (χ4v) is 7.01. The predicted octanol–water partition coefficient (Wildman–Crippen LogP) is 7.22. The van der Waals surface area contributed by atoms with E-state index < -0.39 is 8.03 Å². The monoisotopic (exact) mass is 637 g/mol. The zero-order valence-electron chi connectivity index (χ0n) is 26.9. The number of rotatable bonds is 21. The Balaban J connectivity index is 1.37. The first-order valence-electron chi connectivity index (χ1n) is 15.9. The highest BCUT2D eigenvalue weighted by atomic mass is 32.2. The van der Waals surface area contributed by atoms with Gasteiger partial charge in [-0.15, -0.1) is 0 Å². The second-order valence-corrected chi connectivity index (χ2v) is 14.0. The molecular formula is C31H51B2O6P2S.